The van der Waals surface area contributed by atoms with Crippen LogP contribution in [0.4, 0.5) is 0 Å². The number of piperazine rings is 1. The van der Waals surface area contributed by atoms with E-state index >= 15 is 0 Å². The maximum atomic E-state index is 12.5. The lowest BCUT2D eigenvalue weighted by molar-refractivity contribution is -0.136. The molecule has 1 aliphatic rings. The molecule has 1 heterocycles. The Bertz CT molecular complexity index is 657. The van der Waals surface area contributed by atoms with Crippen LogP contribution in [0.2, 0.25) is 0 Å². The number of hydrogen-bond donors (Lipinski definition) is 1. The second kappa shape index (κ2) is 6.13. The first kappa shape index (κ1) is 15.9. The van der Waals surface area contributed by atoms with E-state index in [0.29, 0.717) is 12.3 Å². The Labute approximate surface area is 128 Å². The monoisotopic (exact) mass is 330 g/mol. The highest BCUT2D eigenvalue weighted by atomic mass is 35.5. The van der Waals surface area contributed by atoms with Gasteiger partial charge >= 0.3 is 0 Å². The molecule has 1 fully saturated rings. The second-order valence-electron chi connectivity index (χ2n) is 4.72. The molecule has 1 N–H and O–H groups in total. The molecule has 1 aliphatic heterocycles. The summed E-state index contributed by atoms with van der Waals surface area (Å²) in [5.74, 6) is -0.793. The lowest BCUT2D eigenvalue weighted by Gasteiger charge is -2.30. The summed E-state index contributed by atoms with van der Waals surface area (Å²) in [6.45, 7) is 1.08. The van der Waals surface area contributed by atoms with Crippen LogP contribution >= 0.6 is 11.6 Å². The Hall–Kier alpha value is -1.44. The van der Waals surface area contributed by atoms with Gasteiger partial charge in [0.15, 0.2) is 0 Å². The normalized spacial score (nSPS) is 20.4. The molecule has 0 radical (unpaired) electrons. The fraction of sp³-hybridized carbons (Fsp3) is 0.385. The Morgan fingerprint density at radius 3 is 2.48 bits per heavy atom. The zero-order valence-corrected chi connectivity index (χ0v) is 12.9. The van der Waals surface area contributed by atoms with Crippen LogP contribution < -0.4 is 5.32 Å². The van der Waals surface area contributed by atoms with Gasteiger partial charge < -0.3 is 0 Å². The second-order valence-corrected chi connectivity index (χ2v) is 6.99. The van der Waals surface area contributed by atoms with Crippen LogP contribution in [0.15, 0.2) is 29.2 Å². The minimum absolute atomic E-state index is 0.0511. The molecule has 1 saturated heterocycles. The molecule has 0 spiro atoms. The van der Waals surface area contributed by atoms with Gasteiger partial charge in [-0.05, 0) is 31.0 Å². The van der Waals surface area contributed by atoms with Crippen molar-refractivity contribution in [3.05, 3.63) is 29.8 Å². The van der Waals surface area contributed by atoms with Crippen molar-refractivity contribution in [2.75, 3.05) is 12.4 Å². The van der Waals surface area contributed by atoms with Gasteiger partial charge in [-0.2, -0.15) is 4.31 Å². The van der Waals surface area contributed by atoms with Crippen molar-refractivity contribution in [3.63, 3.8) is 0 Å². The lowest BCUT2D eigenvalue weighted by Crippen LogP contribution is -2.58. The molecule has 1 aromatic carbocycles. The van der Waals surface area contributed by atoms with E-state index in [9.17, 15) is 18.0 Å². The van der Waals surface area contributed by atoms with E-state index in [1.807, 2.05) is 0 Å². The molecule has 0 bridgehead atoms. The number of nitrogens with one attached hydrogen (secondary N) is 1. The molecular formula is C13H15ClN2O4S. The summed E-state index contributed by atoms with van der Waals surface area (Å²) < 4.78 is 26.0. The summed E-state index contributed by atoms with van der Waals surface area (Å²) in [5.41, 5.74) is 0.921. The van der Waals surface area contributed by atoms with Gasteiger partial charge in [0.05, 0.1) is 11.4 Å². The number of carbonyl (C=O) groups excluding carboxylic acids is 2. The summed E-state index contributed by atoms with van der Waals surface area (Å²) in [7, 11) is -3.89. The average molecular weight is 331 g/mol. The summed E-state index contributed by atoms with van der Waals surface area (Å²) >= 11 is 5.63. The first-order valence-electron chi connectivity index (χ1n) is 6.36. The summed E-state index contributed by atoms with van der Waals surface area (Å²) in [5, 5.41) is 2.11. The summed E-state index contributed by atoms with van der Waals surface area (Å²) in [6, 6.07) is 5.34. The van der Waals surface area contributed by atoms with Crippen LogP contribution in [-0.2, 0) is 26.0 Å². The van der Waals surface area contributed by atoms with Crippen molar-refractivity contribution in [1.29, 1.82) is 0 Å². The molecule has 0 aliphatic carbocycles. The Balaban J connectivity index is 2.32. The summed E-state index contributed by atoms with van der Waals surface area (Å²) in [6.07, 6.45) is 0.642. The van der Waals surface area contributed by atoms with E-state index in [4.69, 9.17) is 11.6 Å². The Morgan fingerprint density at radius 2 is 1.90 bits per heavy atom. The molecular weight excluding hydrogens is 316 g/mol. The van der Waals surface area contributed by atoms with Gasteiger partial charge in [-0.3, -0.25) is 14.9 Å². The average Bonchev–Trinajstić information content (AvgIpc) is 2.43. The fourth-order valence-corrected chi connectivity index (χ4v) is 3.82. The smallest absolute Gasteiger partial charge is 0.244 e. The molecule has 114 valence electrons. The van der Waals surface area contributed by atoms with E-state index in [1.54, 1.807) is 12.1 Å². The van der Waals surface area contributed by atoms with E-state index in [2.05, 4.69) is 5.32 Å². The predicted octanol–water partition coefficient (Wildman–Crippen LogP) is 0.503. The van der Waals surface area contributed by atoms with Crippen LogP contribution in [0.25, 0.3) is 0 Å². The van der Waals surface area contributed by atoms with E-state index in [0.717, 1.165) is 9.87 Å². The van der Waals surface area contributed by atoms with Crippen LogP contribution in [0.5, 0.6) is 0 Å². The van der Waals surface area contributed by atoms with Crippen LogP contribution in [0.1, 0.15) is 12.5 Å². The van der Waals surface area contributed by atoms with Crippen molar-refractivity contribution in [2.45, 2.75) is 24.3 Å². The third kappa shape index (κ3) is 3.25. The number of hydrogen-bond acceptors (Lipinski definition) is 4. The molecule has 1 aromatic rings. The maximum Gasteiger partial charge on any atom is 0.244 e. The molecule has 8 heteroatoms. The van der Waals surface area contributed by atoms with Gasteiger partial charge in [-0.15, -0.1) is 11.6 Å². The van der Waals surface area contributed by atoms with Gasteiger partial charge in [-0.1, -0.05) is 12.1 Å². The van der Waals surface area contributed by atoms with E-state index < -0.39 is 27.9 Å². The highest BCUT2D eigenvalue weighted by Gasteiger charge is 2.38. The number of carbonyl (C=O) groups is 2. The molecule has 6 nitrogen and oxygen atoms in total. The van der Waals surface area contributed by atoms with Gasteiger partial charge in [-0.25, -0.2) is 8.42 Å². The zero-order valence-electron chi connectivity index (χ0n) is 11.4. The van der Waals surface area contributed by atoms with Gasteiger partial charge in [0.2, 0.25) is 21.8 Å². The third-order valence-electron chi connectivity index (χ3n) is 3.29. The van der Waals surface area contributed by atoms with Crippen molar-refractivity contribution < 1.29 is 18.0 Å². The molecule has 2 amide bonds. The van der Waals surface area contributed by atoms with Crippen molar-refractivity contribution in [1.82, 2.24) is 9.62 Å². The molecule has 1 atom stereocenters. The number of halogens is 1. The Kier molecular flexibility index (Phi) is 4.65. The molecule has 0 aromatic heterocycles. The number of benzene rings is 1. The summed E-state index contributed by atoms with van der Waals surface area (Å²) in [4.78, 5) is 23.0. The lowest BCUT2D eigenvalue weighted by atomic mass is 10.2. The topological polar surface area (TPSA) is 83.6 Å². The van der Waals surface area contributed by atoms with Crippen molar-refractivity contribution >= 4 is 33.4 Å². The highest BCUT2D eigenvalue weighted by Crippen LogP contribution is 2.20. The van der Waals surface area contributed by atoms with Crippen LogP contribution in [-0.4, -0.2) is 43.0 Å². The number of rotatable bonds is 4. The standard InChI is InChI=1S/C13H15ClN2O4S/c1-9-13(18)15-12(17)8-16(9)21(19,20)11-4-2-10(3-5-11)6-7-14/h2-5,9H,6-8H2,1H3,(H,15,17,18). The Morgan fingerprint density at radius 1 is 1.29 bits per heavy atom. The van der Waals surface area contributed by atoms with Gasteiger partial charge in [0, 0.05) is 5.88 Å². The van der Waals surface area contributed by atoms with Crippen molar-refractivity contribution in [2.24, 2.45) is 0 Å². The minimum atomic E-state index is -3.89. The van der Waals surface area contributed by atoms with Crippen molar-refractivity contribution in [3.8, 4) is 0 Å². The minimum Gasteiger partial charge on any atom is -0.294 e. The number of sulfonamides is 1. The third-order valence-corrected chi connectivity index (χ3v) is 5.41. The van der Waals surface area contributed by atoms with Crippen LogP contribution in [0.3, 0.4) is 0 Å². The maximum absolute atomic E-state index is 12.5. The number of alkyl halides is 1. The highest BCUT2D eigenvalue weighted by molar-refractivity contribution is 7.89. The molecule has 21 heavy (non-hydrogen) atoms. The van der Waals surface area contributed by atoms with Crippen LogP contribution in [0, 0.1) is 0 Å². The number of amides is 2. The van der Waals surface area contributed by atoms with Gasteiger partial charge in [0.25, 0.3) is 0 Å². The quantitative estimate of drug-likeness (QED) is 0.644. The van der Waals surface area contributed by atoms with Gasteiger partial charge in [0.1, 0.15) is 6.04 Å². The predicted molar refractivity (Wildman–Crippen MR) is 77.4 cm³/mol. The first-order chi connectivity index (χ1) is 9.86. The number of aryl methyl sites for hydroxylation is 1. The first-order valence-corrected chi connectivity index (χ1v) is 8.34. The van der Waals surface area contributed by atoms with E-state index in [-0.39, 0.29) is 11.4 Å². The number of imide groups is 1. The molecule has 1 unspecified atom stereocenters. The van der Waals surface area contributed by atoms with E-state index in [1.165, 1.54) is 19.1 Å². The largest absolute Gasteiger partial charge is 0.294 e. The fourth-order valence-electron chi connectivity index (χ4n) is 2.06. The molecule has 2 rings (SSSR count). The number of nitrogens with zero attached hydrogens (tertiary/aromatic N) is 1. The SMILES string of the molecule is CC1C(=O)NC(=O)CN1S(=O)(=O)c1ccc(CCCl)cc1. The zero-order chi connectivity index (χ0) is 15.6. The molecule has 0 saturated carbocycles.